The van der Waals surface area contributed by atoms with E-state index >= 15 is 0 Å². The smallest absolute Gasteiger partial charge is 0.273 e. The summed E-state index contributed by atoms with van der Waals surface area (Å²) in [7, 11) is 0. The minimum atomic E-state index is -0.904. The number of primary amides is 2. The number of amides is 4. The zero-order valence-corrected chi connectivity index (χ0v) is 18.1. The van der Waals surface area contributed by atoms with Crippen LogP contribution in [0.2, 0.25) is 0 Å². The predicted molar refractivity (Wildman–Crippen MR) is 116 cm³/mol. The number of nitrogens with two attached hydrogens (primary N) is 2. The van der Waals surface area contributed by atoms with Gasteiger partial charge in [-0.25, -0.2) is 0 Å². The lowest BCUT2D eigenvalue weighted by Crippen LogP contribution is -2.54. The molecule has 0 saturated carbocycles. The number of aromatic nitrogens is 2. The van der Waals surface area contributed by atoms with Gasteiger partial charge in [0.25, 0.3) is 5.91 Å². The van der Waals surface area contributed by atoms with E-state index < -0.39 is 29.2 Å². The number of aryl methyl sites for hydroxylation is 1. The van der Waals surface area contributed by atoms with Crippen molar-refractivity contribution < 1.29 is 19.2 Å². The quantitative estimate of drug-likeness (QED) is 0.401. The van der Waals surface area contributed by atoms with Crippen molar-refractivity contribution in [3.8, 4) is 0 Å². The van der Waals surface area contributed by atoms with Crippen LogP contribution in [0.15, 0.2) is 24.3 Å². The van der Waals surface area contributed by atoms with Crippen molar-refractivity contribution >= 4 is 34.5 Å². The molecule has 2 aromatic rings. The molecule has 0 fully saturated rings. The van der Waals surface area contributed by atoms with Gasteiger partial charge in [0.15, 0.2) is 5.69 Å². The highest BCUT2D eigenvalue weighted by Gasteiger charge is 2.34. The summed E-state index contributed by atoms with van der Waals surface area (Å²) < 4.78 is 1.71. The number of carbonyl (C=O) groups is 4. The summed E-state index contributed by atoms with van der Waals surface area (Å²) >= 11 is 0. The molecule has 0 spiro atoms. The monoisotopic (exact) mass is 430 g/mol. The maximum absolute atomic E-state index is 13.1. The predicted octanol–water partition coefficient (Wildman–Crippen LogP) is 0.438. The van der Waals surface area contributed by atoms with Crippen molar-refractivity contribution in [3.63, 3.8) is 0 Å². The van der Waals surface area contributed by atoms with Crippen molar-refractivity contribution in [2.75, 3.05) is 6.54 Å². The molecule has 10 heteroatoms. The minimum absolute atomic E-state index is 0.197. The molecule has 0 radical (unpaired) electrons. The van der Waals surface area contributed by atoms with Crippen LogP contribution < -0.4 is 22.1 Å². The molecule has 168 valence electrons. The van der Waals surface area contributed by atoms with E-state index in [1.807, 2.05) is 12.1 Å². The summed E-state index contributed by atoms with van der Waals surface area (Å²) in [6.45, 7) is 5.61. The maximum atomic E-state index is 13.1. The molecule has 0 saturated heterocycles. The fourth-order valence-corrected chi connectivity index (χ4v) is 3.18. The Morgan fingerprint density at radius 2 is 1.74 bits per heavy atom. The van der Waals surface area contributed by atoms with E-state index in [0.29, 0.717) is 31.2 Å². The van der Waals surface area contributed by atoms with Gasteiger partial charge in [-0.05, 0) is 24.3 Å². The molecule has 0 bridgehead atoms. The van der Waals surface area contributed by atoms with Gasteiger partial charge in [-0.15, -0.1) is 0 Å². The molecular weight excluding hydrogens is 400 g/mol. The molecule has 6 N–H and O–H groups in total. The van der Waals surface area contributed by atoms with Crippen molar-refractivity contribution in [2.45, 2.75) is 52.6 Å². The number of unbranched alkanes of at least 4 members (excludes halogenated alkanes) is 1. The number of para-hydroxylation sites is 1. The average molecular weight is 431 g/mol. The molecule has 0 aliphatic rings. The zero-order chi connectivity index (χ0) is 23.2. The number of fused-ring (bicyclic) bond motifs is 1. The van der Waals surface area contributed by atoms with Crippen molar-refractivity contribution in [1.29, 1.82) is 0 Å². The lowest BCUT2D eigenvalue weighted by Gasteiger charge is -2.30. The molecule has 4 amide bonds. The number of carbonyl (C=O) groups excluding carboxylic acids is 4. The van der Waals surface area contributed by atoms with Gasteiger partial charge >= 0.3 is 0 Å². The summed E-state index contributed by atoms with van der Waals surface area (Å²) in [5.74, 6) is -2.03. The van der Waals surface area contributed by atoms with E-state index in [2.05, 4.69) is 15.7 Å². The number of nitrogens with one attached hydrogen (secondary N) is 2. The van der Waals surface area contributed by atoms with E-state index in [9.17, 15) is 19.2 Å². The molecule has 1 atom stereocenters. The summed E-state index contributed by atoms with van der Waals surface area (Å²) in [6.07, 6.45) is 1.59. The van der Waals surface area contributed by atoms with Crippen LogP contribution in [0.4, 0.5) is 0 Å². The Balaban J connectivity index is 2.24. The van der Waals surface area contributed by atoms with Gasteiger partial charge in [0.2, 0.25) is 17.7 Å². The van der Waals surface area contributed by atoms with Gasteiger partial charge < -0.3 is 22.1 Å². The van der Waals surface area contributed by atoms with E-state index in [0.717, 1.165) is 5.52 Å². The van der Waals surface area contributed by atoms with Crippen molar-refractivity contribution in [3.05, 3.63) is 30.0 Å². The Kier molecular flexibility index (Phi) is 7.73. The summed E-state index contributed by atoms with van der Waals surface area (Å²) in [6, 6.07) is 6.39. The minimum Gasteiger partial charge on any atom is -0.370 e. The number of nitrogens with zero attached hydrogens (tertiary/aromatic N) is 2. The second kappa shape index (κ2) is 10.1. The molecule has 0 aliphatic carbocycles. The van der Waals surface area contributed by atoms with E-state index in [-0.39, 0.29) is 18.1 Å². The van der Waals surface area contributed by atoms with E-state index in [1.54, 1.807) is 37.6 Å². The third-order valence-electron chi connectivity index (χ3n) is 4.76. The number of hydrogen-bond donors (Lipinski definition) is 4. The average Bonchev–Trinajstić information content (AvgIpc) is 3.05. The molecule has 1 aromatic heterocycles. The highest BCUT2D eigenvalue weighted by Crippen LogP contribution is 2.22. The van der Waals surface area contributed by atoms with E-state index in [4.69, 9.17) is 11.5 Å². The SMILES string of the molecule is CC(C)(C)C(NC(=O)c1nn(CCCCC(N)=O)c2ccccc12)C(=O)NCC(N)=O. The fraction of sp³-hybridized carbons (Fsp3) is 0.476. The Hall–Kier alpha value is -3.43. The molecule has 1 unspecified atom stereocenters. The highest BCUT2D eigenvalue weighted by atomic mass is 16.2. The Bertz CT molecular complexity index is 976. The van der Waals surface area contributed by atoms with Crippen LogP contribution in [0.1, 0.15) is 50.5 Å². The number of rotatable bonds is 10. The third kappa shape index (κ3) is 6.53. The number of benzene rings is 1. The first-order chi connectivity index (χ1) is 14.5. The van der Waals surface area contributed by atoms with Crippen molar-refractivity contribution in [1.82, 2.24) is 20.4 Å². The molecule has 2 rings (SSSR count). The fourth-order valence-electron chi connectivity index (χ4n) is 3.18. The molecule has 1 heterocycles. The molecule has 0 aliphatic heterocycles. The van der Waals surface area contributed by atoms with Crippen LogP contribution in [0.5, 0.6) is 0 Å². The first-order valence-corrected chi connectivity index (χ1v) is 10.1. The van der Waals surface area contributed by atoms with E-state index in [1.165, 1.54) is 0 Å². The standard InChI is InChI=1S/C21H30N6O4/c1-21(2,3)18(20(31)24-12-16(23)29)25-19(30)17-13-8-4-5-9-14(13)27(26-17)11-7-6-10-15(22)28/h4-5,8-9,18H,6-7,10-12H2,1-3H3,(H2,22,28)(H2,23,29)(H,24,31)(H,25,30). The van der Waals surface area contributed by atoms with Crippen LogP contribution in [0.3, 0.4) is 0 Å². The van der Waals surface area contributed by atoms with Crippen molar-refractivity contribution in [2.24, 2.45) is 16.9 Å². The maximum Gasteiger partial charge on any atom is 0.273 e. The molecular formula is C21H30N6O4. The molecule has 31 heavy (non-hydrogen) atoms. The molecule has 10 nitrogen and oxygen atoms in total. The Morgan fingerprint density at radius 3 is 2.35 bits per heavy atom. The first kappa shape index (κ1) is 23.8. The second-order valence-corrected chi connectivity index (χ2v) is 8.47. The summed E-state index contributed by atoms with van der Waals surface area (Å²) in [5, 5.41) is 10.3. The van der Waals surface area contributed by atoms with Gasteiger partial charge in [0, 0.05) is 18.4 Å². The van der Waals surface area contributed by atoms with Gasteiger partial charge in [-0.2, -0.15) is 5.10 Å². The summed E-state index contributed by atoms with van der Waals surface area (Å²) in [4.78, 5) is 47.6. The van der Waals surface area contributed by atoms with Crippen LogP contribution in [0.25, 0.3) is 10.9 Å². The Morgan fingerprint density at radius 1 is 1.06 bits per heavy atom. The lowest BCUT2D eigenvalue weighted by atomic mass is 9.86. The first-order valence-electron chi connectivity index (χ1n) is 10.1. The lowest BCUT2D eigenvalue weighted by molar-refractivity contribution is -0.128. The van der Waals surface area contributed by atoms with Gasteiger partial charge in [0.05, 0.1) is 12.1 Å². The second-order valence-electron chi connectivity index (χ2n) is 8.47. The topological polar surface area (TPSA) is 162 Å². The van der Waals surface area contributed by atoms with Crippen LogP contribution in [0, 0.1) is 5.41 Å². The van der Waals surface area contributed by atoms with Crippen LogP contribution in [-0.4, -0.2) is 46.0 Å². The van der Waals surface area contributed by atoms with Gasteiger partial charge in [-0.1, -0.05) is 39.0 Å². The molecule has 1 aromatic carbocycles. The third-order valence-corrected chi connectivity index (χ3v) is 4.76. The van der Waals surface area contributed by atoms with Gasteiger partial charge in [0.1, 0.15) is 6.04 Å². The Labute approximate surface area is 180 Å². The van der Waals surface area contributed by atoms with Gasteiger partial charge in [-0.3, -0.25) is 23.9 Å². The normalized spacial score (nSPS) is 12.4. The largest absolute Gasteiger partial charge is 0.370 e. The zero-order valence-electron chi connectivity index (χ0n) is 18.1. The highest BCUT2D eigenvalue weighted by molar-refractivity contribution is 6.06. The summed E-state index contributed by atoms with van der Waals surface area (Å²) in [5.41, 5.74) is 10.6. The van der Waals surface area contributed by atoms with Crippen LogP contribution >= 0.6 is 0 Å². The van der Waals surface area contributed by atoms with Crippen LogP contribution in [-0.2, 0) is 20.9 Å². The number of hydrogen-bond acceptors (Lipinski definition) is 5.